The lowest BCUT2D eigenvalue weighted by Crippen LogP contribution is -2.58. The van der Waals surface area contributed by atoms with Crippen LogP contribution in [0, 0.1) is 5.41 Å². The molecule has 27 heavy (non-hydrogen) atoms. The summed E-state index contributed by atoms with van der Waals surface area (Å²) in [6.45, 7) is 5.61. The summed E-state index contributed by atoms with van der Waals surface area (Å²) in [6, 6.07) is 1.79. The first-order valence-electron chi connectivity index (χ1n) is 9.34. The first-order valence-corrected chi connectivity index (χ1v) is 9.34. The minimum absolute atomic E-state index is 0.0401. The quantitative estimate of drug-likeness (QED) is 0.557. The summed E-state index contributed by atoms with van der Waals surface area (Å²) in [7, 11) is 0. The van der Waals surface area contributed by atoms with Crippen LogP contribution in [0.2, 0.25) is 0 Å². The van der Waals surface area contributed by atoms with Gasteiger partial charge in [0.1, 0.15) is 5.69 Å². The number of rotatable bonds is 6. The van der Waals surface area contributed by atoms with Crippen LogP contribution in [0.4, 0.5) is 13.2 Å². The molecule has 0 atom stereocenters. The number of ether oxygens (including phenoxy) is 1. The maximum absolute atomic E-state index is 13.2. The van der Waals surface area contributed by atoms with Crippen molar-refractivity contribution in [3.05, 3.63) is 33.7 Å². The summed E-state index contributed by atoms with van der Waals surface area (Å²) in [5.41, 5.74) is -1.69. The monoisotopic (exact) mass is 386 g/mol. The van der Waals surface area contributed by atoms with E-state index in [0.29, 0.717) is 22.8 Å². The second-order valence-corrected chi connectivity index (χ2v) is 7.67. The van der Waals surface area contributed by atoms with Crippen LogP contribution in [0.5, 0.6) is 0 Å². The van der Waals surface area contributed by atoms with Gasteiger partial charge in [-0.15, -0.1) is 0 Å². The number of hydrogen-bond acceptors (Lipinski definition) is 4. The van der Waals surface area contributed by atoms with Crippen LogP contribution in [0.1, 0.15) is 48.7 Å². The normalized spacial score (nSPS) is 19.9. The molecule has 0 aromatic carbocycles. The average molecular weight is 386 g/mol. The Morgan fingerprint density at radius 2 is 1.78 bits per heavy atom. The molecular weight excluding hydrogens is 361 g/mol. The summed E-state index contributed by atoms with van der Waals surface area (Å²) in [6.07, 6.45) is -1.31. The summed E-state index contributed by atoms with van der Waals surface area (Å²) in [5.74, 6) is -0.523. The van der Waals surface area contributed by atoms with E-state index < -0.39 is 23.2 Å². The van der Waals surface area contributed by atoms with Gasteiger partial charge in [0.2, 0.25) is 0 Å². The SMILES string of the molecule is CC(=O)c1ccc(C(F)(F)F)n(CCCCN2CC3(CCOCC3)C2)c1=O. The number of Topliss-reactive ketones (excluding diaryl/α,β-unsaturated/α-hetero) is 1. The molecule has 2 aliphatic rings. The van der Waals surface area contributed by atoms with Crippen LogP contribution in [0.25, 0.3) is 0 Å². The number of halogens is 3. The summed E-state index contributed by atoms with van der Waals surface area (Å²) >= 11 is 0. The molecule has 8 heteroatoms. The van der Waals surface area contributed by atoms with Gasteiger partial charge in [0, 0.05) is 38.3 Å². The van der Waals surface area contributed by atoms with E-state index in [2.05, 4.69) is 4.90 Å². The number of likely N-dealkylation sites (tertiary alicyclic amines) is 1. The minimum atomic E-state index is -4.62. The highest BCUT2D eigenvalue weighted by Gasteiger charge is 2.43. The third kappa shape index (κ3) is 4.43. The third-order valence-corrected chi connectivity index (χ3v) is 5.62. The molecule has 150 valence electrons. The Morgan fingerprint density at radius 3 is 2.37 bits per heavy atom. The number of pyridine rings is 1. The number of carbonyl (C=O) groups excluding carboxylic acids is 1. The molecule has 1 spiro atoms. The Labute approximate surface area is 156 Å². The highest BCUT2D eigenvalue weighted by molar-refractivity contribution is 5.93. The van der Waals surface area contributed by atoms with Crippen molar-refractivity contribution in [1.29, 1.82) is 0 Å². The molecule has 0 amide bonds. The number of nitrogens with zero attached hydrogens (tertiary/aromatic N) is 2. The largest absolute Gasteiger partial charge is 0.431 e. The fourth-order valence-electron chi connectivity index (χ4n) is 4.10. The van der Waals surface area contributed by atoms with Gasteiger partial charge in [0.05, 0.1) is 5.56 Å². The first-order chi connectivity index (χ1) is 12.7. The molecule has 0 unspecified atom stereocenters. The molecule has 1 aromatic heterocycles. The third-order valence-electron chi connectivity index (χ3n) is 5.62. The van der Waals surface area contributed by atoms with Gasteiger partial charge in [0.15, 0.2) is 5.78 Å². The van der Waals surface area contributed by atoms with Crippen molar-refractivity contribution in [3.63, 3.8) is 0 Å². The Hall–Kier alpha value is -1.67. The second-order valence-electron chi connectivity index (χ2n) is 7.67. The molecule has 1 aromatic rings. The van der Waals surface area contributed by atoms with Crippen molar-refractivity contribution >= 4 is 5.78 Å². The van der Waals surface area contributed by atoms with Crippen LogP contribution in [-0.2, 0) is 17.5 Å². The summed E-state index contributed by atoms with van der Waals surface area (Å²) in [4.78, 5) is 26.1. The lowest BCUT2D eigenvalue weighted by molar-refractivity contribution is -0.144. The van der Waals surface area contributed by atoms with Gasteiger partial charge in [-0.2, -0.15) is 13.2 Å². The highest BCUT2D eigenvalue weighted by Crippen LogP contribution is 2.39. The molecule has 3 rings (SSSR count). The standard InChI is InChI=1S/C19H25F3N2O3/c1-14(25)15-4-5-16(19(20,21)22)24(17(15)26)9-3-2-8-23-12-18(13-23)6-10-27-11-7-18/h4-5H,2-3,6-13H2,1H3. The Morgan fingerprint density at radius 1 is 1.15 bits per heavy atom. The van der Waals surface area contributed by atoms with Crippen molar-refractivity contribution in [1.82, 2.24) is 9.47 Å². The molecular formula is C19H25F3N2O3. The topological polar surface area (TPSA) is 51.5 Å². The molecule has 0 bridgehead atoms. The highest BCUT2D eigenvalue weighted by atomic mass is 19.4. The zero-order valence-electron chi connectivity index (χ0n) is 15.5. The smallest absolute Gasteiger partial charge is 0.381 e. The zero-order valence-corrected chi connectivity index (χ0v) is 15.5. The Kier molecular flexibility index (Phi) is 5.76. The van der Waals surface area contributed by atoms with Gasteiger partial charge in [-0.05, 0) is 51.3 Å². The van der Waals surface area contributed by atoms with Gasteiger partial charge in [-0.25, -0.2) is 0 Å². The zero-order chi connectivity index (χ0) is 19.7. The van der Waals surface area contributed by atoms with Crippen molar-refractivity contribution in [2.24, 2.45) is 5.41 Å². The van der Waals surface area contributed by atoms with Crippen LogP contribution in [0.3, 0.4) is 0 Å². The van der Waals surface area contributed by atoms with Crippen molar-refractivity contribution in [3.8, 4) is 0 Å². The number of carbonyl (C=O) groups is 1. The van der Waals surface area contributed by atoms with Gasteiger partial charge in [0.25, 0.3) is 5.56 Å². The molecule has 3 heterocycles. The van der Waals surface area contributed by atoms with E-state index in [-0.39, 0.29) is 12.1 Å². The molecule has 0 aliphatic carbocycles. The van der Waals surface area contributed by atoms with Crippen LogP contribution < -0.4 is 5.56 Å². The van der Waals surface area contributed by atoms with Crippen molar-refractivity contribution in [2.45, 2.75) is 45.3 Å². The fourth-order valence-corrected chi connectivity index (χ4v) is 4.10. The van der Waals surface area contributed by atoms with Crippen LogP contribution in [0.15, 0.2) is 16.9 Å². The van der Waals surface area contributed by atoms with E-state index in [1.807, 2.05) is 0 Å². The van der Waals surface area contributed by atoms with Crippen molar-refractivity contribution < 1.29 is 22.7 Å². The Bertz CT molecular complexity index is 744. The van der Waals surface area contributed by atoms with Gasteiger partial charge >= 0.3 is 6.18 Å². The predicted octanol–water partition coefficient (Wildman–Crippen LogP) is 2.96. The van der Waals surface area contributed by atoms with E-state index in [1.165, 1.54) is 6.92 Å². The van der Waals surface area contributed by atoms with E-state index in [4.69, 9.17) is 4.74 Å². The average Bonchev–Trinajstić information content (AvgIpc) is 2.57. The lowest BCUT2D eigenvalue weighted by Gasteiger charge is -2.52. The molecule has 2 fully saturated rings. The molecule has 5 nitrogen and oxygen atoms in total. The first kappa shape index (κ1) is 20.1. The maximum Gasteiger partial charge on any atom is 0.431 e. The minimum Gasteiger partial charge on any atom is -0.381 e. The van der Waals surface area contributed by atoms with E-state index in [0.717, 1.165) is 57.8 Å². The van der Waals surface area contributed by atoms with E-state index in [9.17, 15) is 22.8 Å². The van der Waals surface area contributed by atoms with Crippen LogP contribution in [-0.4, -0.2) is 48.1 Å². The number of alkyl halides is 3. The molecule has 2 aliphatic heterocycles. The maximum atomic E-state index is 13.2. The molecule has 2 saturated heterocycles. The number of ketones is 1. The number of hydrogen-bond donors (Lipinski definition) is 0. The fraction of sp³-hybridized carbons (Fsp3) is 0.684. The van der Waals surface area contributed by atoms with E-state index in [1.54, 1.807) is 0 Å². The van der Waals surface area contributed by atoms with E-state index >= 15 is 0 Å². The van der Waals surface area contributed by atoms with Crippen LogP contribution >= 0.6 is 0 Å². The molecule has 0 N–H and O–H groups in total. The van der Waals surface area contributed by atoms with Crippen molar-refractivity contribution in [2.75, 3.05) is 32.8 Å². The molecule has 0 radical (unpaired) electrons. The van der Waals surface area contributed by atoms with Gasteiger partial charge in [-0.3, -0.25) is 9.59 Å². The van der Waals surface area contributed by atoms with Gasteiger partial charge in [-0.1, -0.05) is 0 Å². The second kappa shape index (κ2) is 7.75. The molecule has 0 saturated carbocycles. The summed E-state index contributed by atoms with van der Waals surface area (Å²) < 4.78 is 45.7. The summed E-state index contributed by atoms with van der Waals surface area (Å²) in [5, 5.41) is 0. The number of aromatic nitrogens is 1. The van der Waals surface area contributed by atoms with Gasteiger partial charge < -0.3 is 14.2 Å². The predicted molar refractivity (Wildman–Crippen MR) is 93.9 cm³/mol. The number of unbranched alkanes of at least 4 members (excludes halogenated alkanes) is 1. The lowest BCUT2D eigenvalue weighted by atomic mass is 9.73. The Balaban J connectivity index is 1.57.